The maximum Gasteiger partial charge on any atom is 0.258 e. The summed E-state index contributed by atoms with van der Waals surface area (Å²) in [6.45, 7) is 0. The van der Waals surface area contributed by atoms with Crippen molar-refractivity contribution in [1.29, 1.82) is 0 Å². The number of carbonyl (C=O) groups excluding carboxylic acids is 1. The molecule has 3 nitrogen and oxygen atoms in total. The molecule has 1 amide bonds. The van der Waals surface area contributed by atoms with E-state index in [1.165, 1.54) is 0 Å². The Morgan fingerprint density at radius 3 is 2.58 bits per heavy atom. The van der Waals surface area contributed by atoms with Gasteiger partial charge in [0, 0.05) is 16.2 Å². The van der Waals surface area contributed by atoms with Crippen molar-refractivity contribution in [3.8, 4) is 0 Å². The summed E-state index contributed by atoms with van der Waals surface area (Å²) in [6.07, 6.45) is 0. The number of halogens is 3. The highest BCUT2D eigenvalue weighted by Gasteiger charge is 2.15. The molecule has 0 saturated heterocycles. The predicted molar refractivity (Wildman–Crippen MR) is 72.9 cm³/mol. The van der Waals surface area contributed by atoms with E-state index in [2.05, 4.69) is 21.2 Å². The van der Waals surface area contributed by atoms with E-state index in [0.717, 1.165) is 10.5 Å². The molecule has 0 unspecified atom stereocenters. The lowest BCUT2D eigenvalue weighted by molar-refractivity contribution is 0.102. The van der Waals surface area contributed by atoms with Gasteiger partial charge in [-0.25, -0.2) is 8.78 Å². The van der Waals surface area contributed by atoms with Crippen LogP contribution in [0.2, 0.25) is 0 Å². The first kappa shape index (κ1) is 13.5. The van der Waals surface area contributed by atoms with E-state index < -0.39 is 17.5 Å². The van der Waals surface area contributed by atoms with Gasteiger partial charge in [0.25, 0.3) is 5.91 Å². The van der Waals surface area contributed by atoms with Gasteiger partial charge in [0.2, 0.25) is 0 Å². The Morgan fingerprint density at radius 2 is 1.89 bits per heavy atom. The van der Waals surface area contributed by atoms with Crippen molar-refractivity contribution in [1.82, 2.24) is 0 Å². The number of benzene rings is 2. The van der Waals surface area contributed by atoms with Gasteiger partial charge in [-0.3, -0.25) is 4.79 Å². The number of nitrogens with one attached hydrogen (secondary N) is 1. The molecule has 2 aromatic carbocycles. The van der Waals surface area contributed by atoms with E-state index in [4.69, 9.17) is 5.73 Å². The van der Waals surface area contributed by atoms with Crippen molar-refractivity contribution in [2.45, 2.75) is 0 Å². The number of amides is 1. The lowest BCUT2D eigenvalue weighted by Crippen LogP contribution is -2.14. The summed E-state index contributed by atoms with van der Waals surface area (Å²) < 4.78 is 27.3. The van der Waals surface area contributed by atoms with Crippen LogP contribution in [0.4, 0.5) is 20.2 Å². The topological polar surface area (TPSA) is 55.1 Å². The average molecular weight is 327 g/mol. The van der Waals surface area contributed by atoms with Crippen LogP contribution < -0.4 is 11.1 Å². The molecule has 0 aliphatic heterocycles. The molecule has 2 rings (SSSR count). The molecule has 0 spiro atoms. The molecule has 0 atom stereocenters. The second-order valence-corrected chi connectivity index (χ2v) is 4.73. The molecule has 0 aliphatic rings. The Morgan fingerprint density at radius 1 is 1.16 bits per heavy atom. The highest BCUT2D eigenvalue weighted by Crippen LogP contribution is 2.20. The number of rotatable bonds is 2. The molecule has 3 N–H and O–H groups in total. The molecular formula is C13H9BrF2N2O. The van der Waals surface area contributed by atoms with Crippen LogP contribution >= 0.6 is 15.9 Å². The van der Waals surface area contributed by atoms with E-state index in [-0.39, 0.29) is 11.3 Å². The summed E-state index contributed by atoms with van der Waals surface area (Å²) in [6, 6.07) is 8.36. The third kappa shape index (κ3) is 3.08. The minimum Gasteiger partial charge on any atom is -0.396 e. The average Bonchev–Trinajstić information content (AvgIpc) is 2.33. The van der Waals surface area contributed by atoms with Crippen LogP contribution in [0, 0.1) is 11.6 Å². The highest BCUT2D eigenvalue weighted by molar-refractivity contribution is 9.10. The summed E-state index contributed by atoms with van der Waals surface area (Å²) in [5.41, 5.74) is 5.22. The molecule has 2 aromatic rings. The zero-order valence-electron chi connectivity index (χ0n) is 9.58. The maximum atomic E-state index is 13.5. The number of carbonyl (C=O) groups is 1. The van der Waals surface area contributed by atoms with Gasteiger partial charge in [0.05, 0.1) is 11.3 Å². The largest absolute Gasteiger partial charge is 0.396 e. The molecule has 0 aromatic heterocycles. The van der Waals surface area contributed by atoms with Crippen LogP contribution in [0.15, 0.2) is 40.9 Å². The number of anilines is 2. The van der Waals surface area contributed by atoms with Crippen LogP contribution in [-0.4, -0.2) is 5.91 Å². The minimum absolute atomic E-state index is 0.277. The first-order valence-corrected chi connectivity index (χ1v) is 6.08. The quantitative estimate of drug-likeness (QED) is 0.829. The fourth-order valence-corrected chi connectivity index (χ4v) is 1.90. The van der Waals surface area contributed by atoms with Gasteiger partial charge in [0.15, 0.2) is 0 Å². The Bertz CT molecular complexity index is 647. The molecule has 98 valence electrons. The SMILES string of the molecule is Nc1cc(C(=O)Nc2cccc(Br)c2)c(F)cc1F. The lowest BCUT2D eigenvalue weighted by atomic mass is 10.1. The van der Waals surface area contributed by atoms with Crippen molar-refractivity contribution in [2.75, 3.05) is 11.1 Å². The van der Waals surface area contributed by atoms with Crippen LogP contribution in [-0.2, 0) is 0 Å². The summed E-state index contributed by atoms with van der Waals surface area (Å²) in [4.78, 5) is 11.9. The van der Waals surface area contributed by atoms with E-state index in [9.17, 15) is 13.6 Å². The number of nitrogens with two attached hydrogens (primary N) is 1. The molecule has 0 heterocycles. The zero-order chi connectivity index (χ0) is 14.0. The standard InChI is InChI=1S/C13H9BrF2N2O/c14-7-2-1-3-8(4-7)18-13(19)9-5-12(17)11(16)6-10(9)15/h1-6H,17H2,(H,18,19). The van der Waals surface area contributed by atoms with Crippen molar-refractivity contribution >= 4 is 33.2 Å². The van der Waals surface area contributed by atoms with Crippen LogP contribution in [0.25, 0.3) is 0 Å². The van der Waals surface area contributed by atoms with E-state index in [1.54, 1.807) is 24.3 Å². The van der Waals surface area contributed by atoms with Crippen LogP contribution in [0.1, 0.15) is 10.4 Å². The highest BCUT2D eigenvalue weighted by atomic mass is 79.9. The Kier molecular flexibility index (Phi) is 3.80. The van der Waals surface area contributed by atoms with Crippen molar-refractivity contribution in [2.24, 2.45) is 0 Å². The zero-order valence-corrected chi connectivity index (χ0v) is 11.2. The molecule has 0 saturated carbocycles. The molecule has 6 heteroatoms. The van der Waals surface area contributed by atoms with Gasteiger partial charge < -0.3 is 11.1 Å². The van der Waals surface area contributed by atoms with Crippen molar-refractivity contribution < 1.29 is 13.6 Å². The summed E-state index contributed by atoms with van der Waals surface area (Å²) >= 11 is 3.25. The molecular weight excluding hydrogens is 318 g/mol. The second-order valence-electron chi connectivity index (χ2n) is 3.82. The lowest BCUT2D eigenvalue weighted by Gasteiger charge is -2.07. The molecule has 0 radical (unpaired) electrons. The number of nitrogen functional groups attached to an aromatic ring is 1. The Balaban J connectivity index is 2.28. The normalized spacial score (nSPS) is 10.3. The van der Waals surface area contributed by atoms with Crippen molar-refractivity contribution in [3.63, 3.8) is 0 Å². The molecule has 0 aliphatic carbocycles. The first-order valence-electron chi connectivity index (χ1n) is 5.29. The molecule has 0 fully saturated rings. The van der Waals surface area contributed by atoms with Gasteiger partial charge in [0.1, 0.15) is 11.6 Å². The Hall–Kier alpha value is -1.95. The van der Waals surface area contributed by atoms with E-state index >= 15 is 0 Å². The van der Waals surface area contributed by atoms with E-state index in [1.807, 2.05) is 0 Å². The number of hydrogen-bond acceptors (Lipinski definition) is 2. The van der Waals surface area contributed by atoms with Gasteiger partial charge in [-0.05, 0) is 24.3 Å². The van der Waals surface area contributed by atoms with Crippen LogP contribution in [0.5, 0.6) is 0 Å². The van der Waals surface area contributed by atoms with E-state index in [0.29, 0.717) is 11.8 Å². The minimum atomic E-state index is -0.959. The predicted octanol–water partition coefficient (Wildman–Crippen LogP) is 3.56. The van der Waals surface area contributed by atoms with Gasteiger partial charge >= 0.3 is 0 Å². The third-order valence-electron chi connectivity index (χ3n) is 2.41. The summed E-state index contributed by atoms with van der Waals surface area (Å²) in [5.74, 6) is -2.54. The Labute approximate surface area is 116 Å². The van der Waals surface area contributed by atoms with Crippen molar-refractivity contribution in [3.05, 3.63) is 58.1 Å². The second kappa shape index (κ2) is 5.36. The third-order valence-corrected chi connectivity index (χ3v) is 2.91. The van der Waals surface area contributed by atoms with Gasteiger partial charge in [-0.2, -0.15) is 0 Å². The van der Waals surface area contributed by atoms with Gasteiger partial charge in [-0.1, -0.05) is 22.0 Å². The molecule has 19 heavy (non-hydrogen) atoms. The monoisotopic (exact) mass is 326 g/mol. The summed E-state index contributed by atoms with van der Waals surface area (Å²) in [7, 11) is 0. The van der Waals surface area contributed by atoms with Crippen LogP contribution in [0.3, 0.4) is 0 Å². The first-order chi connectivity index (χ1) is 8.97. The molecule has 0 bridgehead atoms. The fourth-order valence-electron chi connectivity index (χ4n) is 1.50. The summed E-state index contributed by atoms with van der Waals surface area (Å²) in [5, 5.41) is 2.50. The number of hydrogen-bond donors (Lipinski definition) is 2. The maximum absolute atomic E-state index is 13.5. The smallest absolute Gasteiger partial charge is 0.258 e. The fraction of sp³-hybridized carbons (Fsp3) is 0. The van der Waals surface area contributed by atoms with Gasteiger partial charge in [-0.15, -0.1) is 0 Å².